The number of benzene rings is 2. The maximum absolute atomic E-state index is 13.2. The molecule has 9 heteroatoms. The van der Waals surface area contributed by atoms with Gasteiger partial charge in [-0.3, -0.25) is 14.2 Å². The predicted octanol–water partition coefficient (Wildman–Crippen LogP) is 4.27. The van der Waals surface area contributed by atoms with E-state index in [1.165, 1.54) is 30.2 Å². The van der Waals surface area contributed by atoms with Gasteiger partial charge in [-0.1, -0.05) is 23.9 Å². The highest BCUT2D eigenvalue weighted by atomic mass is 32.2. The molecule has 0 aliphatic carbocycles. The summed E-state index contributed by atoms with van der Waals surface area (Å²) < 4.78 is 6.80. The Kier molecular flexibility index (Phi) is 6.38. The first-order valence-corrected chi connectivity index (χ1v) is 11.5. The van der Waals surface area contributed by atoms with E-state index in [2.05, 4.69) is 15.0 Å². The first-order chi connectivity index (χ1) is 15.5. The molecule has 4 aromatic rings. The molecule has 0 fully saturated rings. The number of fused-ring (bicyclic) bond motifs is 1. The van der Waals surface area contributed by atoms with Crippen molar-refractivity contribution in [2.75, 3.05) is 18.2 Å². The van der Waals surface area contributed by atoms with Crippen LogP contribution in [0.15, 0.2) is 69.9 Å². The number of carbonyl (C=O) groups excluding carboxylic acids is 2. The molecule has 0 saturated carbocycles. The number of carbonyl (C=O) groups is 2. The van der Waals surface area contributed by atoms with E-state index in [1.807, 2.05) is 36.6 Å². The molecule has 32 heavy (non-hydrogen) atoms. The molecule has 0 radical (unpaired) electrons. The van der Waals surface area contributed by atoms with Gasteiger partial charge >= 0.3 is 5.97 Å². The molecule has 2 aromatic carbocycles. The number of methoxy groups -OCH3 is 1. The van der Waals surface area contributed by atoms with Gasteiger partial charge in [-0.05, 0) is 60.3 Å². The van der Waals surface area contributed by atoms with Crippen molar-refractivity contribution >= 4 is 50.9 Å². The lowest BCUT2D eigenvalue weighted by molar-refractivity contribution is -0.113. The van der Waals surface area contributed by atoms with Crippen molar-refractivity contribution in [3.05, 3.63) is 81.5 Å². The molecule has 0 unspecified atom stereocenters. The summed E-state index contributed by atoms with van der Waals surface area (Å²) in [6.45, 7) is 1.96. The number of thioether (sulfide) groups is 1. The van der Waals surface area contributed by atoms with Gasteiger partial charge in [0.1, 0.15) is 4.70 Å². The summed E-state index contributed by atoms with van der Waals surface area (Å²) >= 11 is 2.54. The van der Waals surface area contributed by atoms with Crippen LogP contribution in [0.25, 0.3) is 15.9 Å². The van der Waals surface area contributed by atoms with E-state index in [9.17, 15) is 14.4 Å². The van der Waals surface area contributed by atoms with Crippen LogP contribution in [-0.2, 0) is 9.53 Å². The molecule has 0 atom stereocenters. The van der Waals surface area contributed by atoms with Crippen LogP contribution in [0.3, 0.4) is 0 Å². The molecule has 2 heterocycles. The number of esters is 1. The van der Waals surface area contributed by atoms with Gasteiger partial charge in [-0.2, -0.15) is 0 Å². The van der Waals surface area contributed by atoms with Gasteiger partial charge in [0, 0.05) is 5.69 Å². The molecule has 7 nitrogen and oxygen atoms in total. The number of hydrogen-bond donors (Lipinski definition) is 1. The van der Waals surface area contributed by atoms with Gasteiger partial charge in [0.25, 0.3) is 5.56 Å². The molecule has 1 amide bonds. The van der Waals surface area contributed by atoms with Crippen molar-refractivity contribution in [1.82, 2.24) is 9.55 Å². The summed E-state index contributed by atoms with van der Waals surface area (Å²) in [5, 5.41) is 5.07. The van der Waals surface area contributed by atoms with Crippen LogP contribution in [0, 0.1) is 6.92 Å². The summed E-state index contributed by atoms with van der Waals surface area (Å²) in [6, 6.07) is 15.8. The van der Waals surface area contributed by atoms with Crippen LogP contribution in [0.2, 0.25) is 0 Å². The van der Waals surface area contributed by atoms with Gasteiger partial charge in [-0.15, -0.1) is 11.3 Å². The van der Waals surface area contributed by atoms with Crippen LogP contribution in [0.1, 0.15) is 15.9 Å². The van der Waals surface area contributed by atoms with Crippen molar-refractivity contribution in [3.8, 4) is 5.69 Å². The van der Waals surface area contributed by atoms with E-state index in [4.69, 9.17) is 0 Å². The Bertz CT molecular complexity index is 1360. The Morgan fingerprint density at radius 3 is 2.66 bits per heavy atom. The number of aryl methyl sites for hydroxylation is 1. The van der Waals surface area contributed by atoms with E-state index in [0.717, 1.165) is 5.56 Å². The number of thiophene rings is 1. The molecule has 0 saturated heterocycles. The SMILES string of the molecule is COC(=O)c1ccc(NC(=O)CSc2nc3ccsc3c(=O)n2-c2cccc(C)c2)cc1. The minimum Gasteiger partial charge on any atom is -0.465 e. The largest absolute Gasteiger partial charge is 0.465 e. The molecule has 4 rings (SSSR count). The topological polar surface area (TPSA) is 90.3 Å². The van der Waals surface area contributed by atoms with Crippen molar-refractivity contribution in [2.45, 2.75) is 12.1 Å². The summed E-state index contributed by atoms with van der Waals surface area (Å²) in [5.41, 5.74) is 3.14. The predicted molar refractivity (Wildman–Crippen MR) is 127 cm³/mol. The van der Waals surface area contributed by atoms with Gasteiger partial charge < -0.3 is 10.1 Å². The van der Waals surface area contributed by atoms with Gasteiger partial charge in [0.2, 0.25) is 5.91 Å². The van der Waals surface area contributed by atoms with E-state index in [-0.39, 0.29) is 17.2 Å². The van der Waals surface area contributed by atoms with Crippen molar-refractivity contribution < 1.29 is 14.3 Å². The fourth-order valence-corrected chi connectivity index (χ4v) is 4.69. The van der Waals surface area contributed by atoms with Gasteiger partial charge in [0.05, 0.1) is 29.6 Å². The number of amides is 1. The summed E-state index contributed by atoms with van der Waals surface area (Å²) in [6.07, 6.45) is 0. The molecular weight excluding hydrogens is 446 g/mol. The van der Waals surface area contributed by atoms with Crippen LogP contribution in [0.4, 0.5) is 5.69 Å². The van der Waals surface area contributed by atoms with Crippen molar-refractivity contribution in [1.29, 1.82) is 0 Å². The highest BCUT2D eigenvalue weighted by molar-refractivity contribution is 7.99. The first kappa shape index (κ1) is 21.8. The molecule has 2 aromatic heterocycles. The minimum atomic E-state index is -0.442. The van der Waals surface area contributed by atoms with Crippen LogP contribution >= 0.6 is 23.1 Å². The highest BCUT2D eigenvalue weighted by Gasteiger charge is 2.16. The lowest BCUT2D eigenvalue weighted by Gasteiger charge is -2.12. The Morgan fingerprint density at radius 1 is 1.16 bits per heavy atom. The summed E-state index contributed by atoms with van der Waals surface area (Å²) in [7, 11) is 1.31. The van der Waals surface area contributed by atoms with E-state index >= 15 is 0 Å². The second-order valence-electron chi connectivity index (χ2n) is 6.91. The molecule has 0 bridgehead atoms. The lowest BCUT2D eigenvalue weighted by Crippen LogP contribution is -2.22. The molecular formula is C23H19N3O4S2. The third kappa shape index (κ3) is 4.58. The maximum atomic E-state index is 13.2. The molecule has 1 N–H and O–H groups in total. The third-order valence-electron chi connectivity index (χ3n) is 4.63. The van der Waals surface area contributed by atoms with E-state index in [0.29, 0.717) is 32.3 Å². The van der Waals surface area contributed by atoms with Crippen molar-refractivity contribution in [2.24, 2.45) is 0 Å². The zero-order chi connectivity index (χ0) is 22.7. The van der Waals surface area contributed by atoms with Crippen LogP contribution < -0.4 is 10.9 Å². The smallest absolute Gasteiger partial charge is 0.337 e. The summed E-state index contributed by atoms with van der Waals surface area (Å²) in [5.74, 6) is -0.633. The zero-order valence-electron chi connectivity index (χ0n) is 17.3. The van der Waals surface area contributed by atoms with E-state index < -0.39 is 5.97 Å². The number of anilines is 1. The molecule has 162 valence electrons. The Morgan fingerprint density at radius 2 is 1.94 bits per heavy atom. The summed E-state index contributed by atoms with van der Waals surface area (Å²) in [4.78, 5) is 41.8. The highest BCUT2D eigenvalue weighted by Crippen LogP contribution is 2.24. The second-order valence-corrected chi connectivity index (χ2v) is 8.77. The molecule has 0 aliphatic rings. The Hall–Kier alpha value is -3.43. The monoisotopic (exact) mass is 465 g/mol. The minimum absolute atomic E-state index is 0.0622. The quantitative estimate of drug-likeness (QED) is 0.260. The number of hydrogen-bond acceptors (Lipinski definition) is 7. The fraction of sp³-hybridized carbons (Fsp3) is 0.130. The van der Waals surface area contributed by atoms with Gasteiger partial charge in [-0.25, -0.2) is 9.78 Å². The van der Waals surface area contributed by atoms with Crippen molar-refractivity contribution in [3.63, 3.8) is 0 Å². The maximum Gasteiger partial charge on any atom is 0.337 e. The van der Waals surface area contributed by atoms with E-state index in [1.54, 1.807) is 34.9 Å². The number of ether oxygens (including phenoxy) is 1. The lowest BCUT2D eigenvalue weighted by atomic mass is 10.2. The number of rotatable bonds is 6. The third-order valence-corrected chi connectivity index (χ3v) is 6.46. The Balaban J connectivity index is 1.56. The average molecular weight is 466 g/mol. The normalized spacial score (nSPS) is 10.8. The number of aromatic nitrogens is 2. The average Bonchev–Trinajstić information content (AvgIpc) is 3.27. The first-order valence-electron chi connectivity index (χ1n) is 9.64. The van der Waals surface area contributed by atoms with Gasteiger partial charge in [0.15, 0.2) is 5.16 Å². The fourth-order valence-electron chi connectivity index (χ4n) is 3.12. The zero-order valence-corrected chi connectivity index (χ0v) is 19.0. The van der Waals surface area contributed by atoms with Crippen LogP contribution in [-0.4, -0.2) is 34.3 Å². The second kappa shape index (κ2) is 9.37. The number of nitrogens with one attached hydrogen (secondary N) is 1. The van der Waals surface area contributed by atoms with Crippen LogP contribution in [0.5, 0.6) is 0 Å². The Labute approximate surface area is 192 Å². The number of nitrogens with zero attached hydrogens (tertiary/aromatic N) is 2. The standard InChI is InChI=1S/C23H19N3O4S2/c1-14-4-3-5-17(12-14)26-21(28)20-18(10-11-31-20)25-23(26)32-13-19(27)24-16-8-6-15(7-9-16)22(29)30-2/h3-12H,13H2,1-2H3,(H,24,27). The molecule has 0 spiro atoms. The molecule has 0 aliphatic heterocycles.